The van der Waals surface area contributed by atoms with Crippen molar-refractivity contribution in [2.45, 2.75) is 26.3 Å². The van der Waals surface area contributed by atoms with Gasteiger partial charge in [-0.3, -0.25) is 10.1 Å². The summed E-state index contributed by atoms with van der Waals surface area (Å²) in [5.74, 6) is 3.30. The lowest BCUT2D eigenvalue weighted by Crippen LogP contribution is -2.25. The molecule has 0 atom stereocenters. The molecule has 0 radical (unpaired) electrons. The molecule has 1 aliphatic rings. The summed E-state index contributed by atoms with van der Waals surface area (Å²) in [7, 11) is 0. The number of hydrogen-bond donors (Lipinski definition) is 1. The number of nitro benzene ring substituents is 1. The number of rotatable bonds is 5. The van der Waals surface area contributed by atoms with Gasteiger partial charge in [-0.15, -0.1) is 0 Å². The standard InChI is InChI=1S/C14H20N2O2S/c1-11-2-3-13(8-14(11)16(17)18)10-15-9-12-4-6-19-7-5-12/h2-3,8,12,15H,4-7,9-10H2,1H3. The summed E-state index contributed by atoms with van der Waals surface area (Å²) in [6.45, 7) is 3.50. The molecule has 0 unspecified atom stereocenters. The monoisotopic (exact) mass is 280 g/mol. The number of hydrogen-bond acceptors (Lipinski definition) is 4. The van der Waals surface area contributed by atoms with Gasteiger partial charge >= 0.3 is 0 Å². The van der Waals surface area contributed by atoms with Crippen LogP contribution in [0.2, 0.25) is 0 Å². The molecule has 0 spiro atoms. The summed E-state index contributed by atoms with van der Waals surface area (Å²) in [5, 5.41) is 14.3. The van der Waals surface area contributed by atoms with E-state index in [4.69, 9.17) is 0 Å². The van der Waals surface area contributed by atoms with E-state index in [1.807, 2.05) is 23.9 Å². The first kappa shape index (κ1) is 14.3. The Bertz CT molecular complexity index is 445. The van der Waals surface area contributed by atoms with E-state index in [0.717, 1.165) is 23.6 Å². The molecule has 0 aliphatic carbocycles. The van der Waals surface area contributed by atoms with E-state index in [0.29, 0.717) is 6.54 Å². The molecule has 0 bridgehead atoms. The molecule has 104 valence electrons. The Labute approximate surface area is 118 Å². The molecule has 1 aromatic carbocycles. The van der Waals surface area contributed by atoms with Crippen molar-refractivity contribution in [2.75, 3.05) is 18.1 Å². The van der Waals surface area contributed by atoms with Crippen LogP contribution in [0.25, 0.3) is 0 Å². The molecule has 1 saturated heterocycles. The molecule has 1 aliphatic heterocycles. The first-order valence-corrected chi connectivity index (χ1v) is 7.84. The average Bonchev–Trinajstić information content (AvgIpc) is 2.41. The summed E-state index contributed by atoms with van der Waals surface area (Å²) < 4.78 is 0. The first-order valence-electron chi connectivity index (χ1n) is 6.69. The van der Waals surface area contributed by atoms with Crippen LogP contribution in [-0.2, 0) is 6.54 Å². The summed E-state index contributed by atoms with van der Waals surface area (Å²) in [6.07, 6.45) is 2.57. The highest BCUT2D eigenvalue weighted by Crippen LogP contribution is 2.22. The largest absolute Gasteiger partial charge is 0.312 e. The molecule has 1 N–H and O–H groups in total. The minimum absolute atomic E-state index is 0.216. The van der Waals surface area contributed by atoms with Gasteiger partial charge in [-0.1, -0.05) is 12.1 Å². The van der Waals surface area contributed by atoms with Crippen molar-refractivity contribution in [1.29, 1.82) is 0 Å². The van der Waals surface area contributed by atoms with Crippen molar-refractivity contribution >= 4 is 17.4 Å². The maximum absolute atomic E-state index is 10.9. The van der Waals surface area contributed by atoms with Crippen molar-refractivity contribution in [1.82, 2.24) is 5.32 Å². The van der Waals surface area contributed by atoms with Crippen molar-refractivity contribution in [3.8, 4) is 0 Å². The van der Waals surface area contributed by atoms with Crippen LogP contribution in [0, 0.1) is 23.0 Å². The van der Waals surface area contributed by atoms with Crippen LogP contribution < -0.4 is 5.32 Å². The maximum atomic E-state index is 10.9. The average molecular weight is 280 g/mol. The molecule has 1 heterocycles. The maximum Gasteiger partial charge on any atom is 0.272 e. The Balaban J connectivity index is 1.85. The van der Waals surface area contributed by atoms with Crippen molar-refractivity contribution in [3.05, 3.63) is 39.4 Å². The fraction of sp³-hybridized carbons (Fsp3) is 0.571. The quantitative estimate of drug-likeness (QED) is 0.665. The van der Waals surface area contributed by atoms with Gasteiger partial charge in [-0.2, -0.15) is 11.8 Å². The lowest BCUT2D eigenvalue weighted by Gasteiger charge is -2.21. The zero-order valence-corrected chi connectivity index (χ0v) is 12.0. The van der Waals surface area contributed by atoms with E-state index in [2.05, 4.69) is 5.32 Å². The van der Waals surface area contributed by atoms with Crippen LogP contribution in [0.3, 0.4) is 0 Å². The third-order valence-corrected chi connectivity index (χ3v) is 4.62. The third kappa shape index (κ3) is 4.21. The zero-order valence-electron chi connectivity index (χ0n) is 11.2. The van der Waals surface area contributed by atoms with Gasteiger partial charge in [0.05, 0.1) is 4.92 Å². The van der Waals surface area contributed by atoms with Gasteiger partial charge in [0.25, 0.3) is 5.69 Å². The Morgan fingerprint density at radius 3 is 2.84 bits per heavy atom. The molecule has 1 aromatic rings. The Kier molecular flexibility index (Phi) is 5.22. The highest BCUT2D eigenvalue weighted by atomic mass is 32.2. The van der Waals surface area contributed by atoms with Gasteiger partial charge < -0.3 is 5.32 Å². The second-order valence-corrected chi connectivity index (χ2v) is 6.29. The smallest absolute Gasteiger partial charge is 0.272 e. The molecule has 19 heavy (non-hydrogen) atoms. The van der Waals surface area contributed by atoms with Crippen molar-refractivity contribution < 1.29 is 4.92 Å². The van der Waals surface area contributed by atoms with Gasteiger partial charge in [-0.05, 0) is 49.3 Å². The lowest BCUT2D eigenvalue weighted by molar-refractivity contribution is -0.385. The zero-order chi connectivity index (χ0) is 13.7. The molecule has 0 amide bonds. The summed E-state index contributed by atoms with van der Waals surface area (Å²) in [6, 6.07) is 5.47. The number of nitrogens with one attached hydrogen (secondary N) is 1. The number of nitro groups is 1. The molecule has 2 rings (SSSR count). The Morgan fingerprint density at radius 2 is 2.16 bits per heavy atom. The second kappa shape index (κ2) is 6.91. The highest BCUT2D eigenvalue weighted by molar-refractivity contribution is 7.99. The molecule has 0 saturated carbocycles. The van der Waals surface area contributed by atoms with Crippen molar-refractivity contribution in [2.24, 2.45) is 5.92 Å². The van der Waals surface area contributed by atoms with Gasteiger partial charge in [0, 0.05) is 18.2 Å². The van der Waals surface area contributed by atoms with Gasteiger partial charge in [-0.25, -0.2) is 0 Å². The van der Waals surface area contributed by atoms with Gasteiger partial charge in [0.15, 0.2) is 0 Å². The van der Waals surface area contributed by atoms with E-state index in [1.165, 1.54) is 24.3 Å². The van der Waals surface area contributed by atoms with E-state index < -0.39 is 0 Å². The normalized spacial score (nSPS) is 16.5. The van der Waals surface area contributed by atoms with E-state index in [-0.39, 0.29) is 10.6 Å². The van der Waals surface area contributed by atoms with Gasteiger partial charge in [0.2, 0.25) is 0 Å². The van der Waals surface area contributed by atoms with Crippen molar-refractivity contribution in [3.63, 3.8) is 0 Å². The van der Waals surface area contributed by atoms with Crippen LogP contribution in [0.15, 0.2) is 18.2 Å². The SMILES string of the molecule is Cc1ccc(CNCC2CCSCC2)cc1[N+](=O)[O-]. The Morgan fingerprint density at radius 1 is 1.42 bits per heavy atom. The van der Waals surface area contributed by atoms with Crippen LogP contribution in [0.1, 0.15) is 24.0 Å². The summed E-state index contributed by atoms with van der Waals surface area (Å²) >= 11 is 2.03. The molecule has 5 heteroatoms. The van der Waals surface area contributed by atoms with E-state index >= 15 is 0 Å². The first-order chi connectivity index (χ1) is 9.16. The molecule has 1 fully saturated rings. The second-order valence-electron chi connectivity index (χ2n) is 5.06. The topological polar surface area (TPSA) is 55.2 Å². The van der Waals surface area contributed by atoms with Gasteiger partial charge in [0.1, 0.15) is 0 Å². The number of thioether (sulfide) groups is 1. The summed E-state index contributed by atoms with van der Waals surface area (Å²) in [4.78, 5) is 10.6. The number of benzene rings is 1. The third-order valence-electron chi connectivity index (χ3n) is 3.57. The van der Waals surface area contributed by atoms with Crippen LogP contribution >= 0.6 is 11.8 Å². The minimum atomic E-state index is -0.308. The number of nitrogens with zero attached hydrogens (tertiary/aromatic N) is 1. The van der Waals surface area contributed by atoms with Crippen LogP contribution in [0.5, 0.6) is 0 Å². The van der Waals surface area contributed by atoms with Crippen LogP contribution in [0.4, 0.5) is 5.69 Å². The van der Waals surface area contributed by atoms with E-state index in [9.17, 15) is 10.1 Å². The molecule has 4 nitrogen and oxygen atoms in total. The van der Waals surface area contributed by atoms with Crippen LogP contribution in [-0.4, -0.2) is 23.0 Å². The number of aryl methyl sites for hydroxylation is 1. The predicted molar refractivity (Wildman–Crippen MR) is 79.6 cm³/mol. The fourth-order valence-corrected chi connectivity index (χ4v) is 3.54. The fourth-order valence-electron chi connectivity index (χ4n) is 2.33. The van der Waals surface area contributed by atoms with E-state index in [1.54, 1.807) is 13.0 Å². The lowest BCUT2D eigenvalue weighted by atomic mass is 10.0. The predicted octanol–water partition coefficient (Wildman–Crippen LogP) is 3.14. The molecular formula is C14H20N2O2S. The molecule has 0 aromatic heterocycles. The highest BCUT2D eigenvalue weighted by Gasteiger charge is 2.14. The minimum Gasteiger partial charge on any atom is -0.312 e. The summed E-state index contributed by atoms with van der Waals surface area (Å²) in [5.41, 5.74) is 1.92. The molecular weight excluding hydrogens is 260 g/mol. The Hall–Kier alpha value is -1.07.